The minimum Gasteiger partial charge on any atom is -0.374 e. The maximum Gasteiger partial charge on any atom is 0.0443 e. The lowest BCUT2D eigenvalue weighted by atomic mass is 10.1. The van der Waals surface area contributed by atoms with Crippen molar-refractivity contribution >= 4 is 5.69 Å². The van der Waals surface area contributed by atoms with E-state index in [1.54, 1.807) is 0 Å². The molecule has 106 valence electrons. The summed E-state index contributed by atoms with van der Waals surface area (Å²) in [6.45, 7) is 9.77. The van der Waals surface area contributed by atoms with E-state index in [4.69, 9.17) is 0 Å². The third-order valence-electron chi connectivity index (χ3n) is 4.04. The molecule has 1 saturated carbocycles. The van der Waals surface area contributed by atoms with Gasteiger partial charge in [0.25, 0.3) is 0 Å². The van der Waals surface area contributed by atoms with Gasteiger partial charge in [-0.2, -0.15) is 0 Å². The van der Waals surface area contributed by atoms with Crippen molar-refractivity contribution in [3.05, 3.63) is 23.5 Å². The molecule has 1 aliphatic carbocycles. The lowest BCUT2D eigenvalue weighted by Gasteiger charge is -2.23. The van der Waals surface area contributed by atoms with Gasteiger partial charge in [-0.3, -0.25) is 4.98 Å². The number of rotatable bonds is 7. The van der Waals surface area contributed by atoms with Crippen molar-refractivity contribution in [3.8, 4) is 0 Å². The molecule has 0 spiro atoms. The van der Waals surface area contributed by atoms with Gasteiger partial charge in [0.1, 0.15) is 0 Å². The number of anilines is 1. The summed E-state index contributed by atoms with van der Waals surface area (Å²) < 4.78 is 0. The summed E-state index contributed by atoms with van der Waals surface area (Å²) in [6, 6.07) is 2.22. The van der Waals surface area contributed by atoms with E-state index in [1.165, 1.54) is 30.6 Å². The zero-order valence-electron chi connectivity index (χ0n) is 12.7. The molecule has 0 bridgehead atoms. The summed E-state index contributed by atoms with van der Waals surface area (Å²) in [7, 11) is 2.21. The zero-order chi connectivity index (χ0) is 13.8. The Hall–Kier alpha value is -1.09. The van der Waals surface area contributed by atoms with Crippen LogP contribution in [0.4, 0.5) is 5.69 Å². The number of hydrogen-bond acceptors (Lipinski definition) is 3. The first kappa shape index (κ1) is 14.3. The largest absolute Gasteiger partial charge is 0.374 e. The van der Waals surface area contributed by atoms with Crippen LogP contribution in [0.1, 0.15) is 37.9 Å². The Morgan fingerprint density at radius 1 is 1.47 bits per heavy atom. The molecule has 19 heavy (non-hydrogen) atoms. The van der Waals surface area contributed by atoms with Crippen LogP contribution in [0.5, 0.6) is 0 Å². The van der Waals surface area contributed by atoms with E-state index in [0.717, 1.165) is 30.6 Å². The average molecular weight is 261 g/mol. The van der Waals surface area contributed by atoms with Crippen LogP contribution in [0, 0.1) is 18.8 Å². The molecule has 1 aromatic rings. The Morgan fingerprint density at radius 2 is 2.21 bits per heavy atom. The monoisotopic (exact) mass is 261 g/mol. The minimum absolute atomic E-state index is 0.884. The van der Waals surface area contributed by atoms with Crippen LogP contribution in [-0.4, -0.2) is 25.1 Å². The molecule has 0 aliphatic heterocycles. The third-order valence-corrected chi connectivity index (χ3v) is 4.04. The number of pyridine rings is 1. The number of aromatic nitrogens is 1. The molecular weight excluding hydrogens is 234 g/mol. The first-order chi connectivity index (χ1) is 9.11. The molecule has 3 nitrogen and oxygen atoms in total. The van der Waals surface area contributed by atoms with Crippen LogP contribution >= 0.6 is 0 Å². The topological polar surface area (TPSA) is 28.2 Å². The van der Waals surface area contributed by atoms with E-state index in [-0.39, 0.29) is 0 Å². The van der Waals surface area contributed by atoms with Gasteiger partial charge in [-0.1, -0.05) is 13.8 Å². The Morgan fingerprint density at radius 3 is 2.84 bits per heavy atom. The summed E-state index contributed by atoms with van der Waals surface area (Å²) in [5.74, 6) is 1.79. The predicted molar refractivity (Wildman–Crippen MR) is 81.5 cm³/mol. The number of nitrogens with zero attached hydrogens (tertiary/aromatic N) is 2. The first-order valence-electron chi connectivity index (χ1n) is 7.49. The van der Waals surface area contributed by atoms with Gasteiger partial charge in [0.15, 0.2) is 0 Å². The van der Waals surface area contributed by atoms with Crippen molar-refractivity contribution in [3.63, 3.8) is 0 Å². The quantitative estimate of drug-likeness (QED) is 0.765. The predicted octanol–water partition coefficient (Wildman–Crippen LogP) is 2.98. The van der Waals surface area contributed by atoms with Gasteiger partial charge in [-0.25, -0.2) is 0 Å². The molecule has 2 atom stereocenters. The highest BCUT2D eigenvalue weighted by atomic mass is 15.1. The van der Waals surface area contributed by atoms with Crippen LogP contribution in [0.25, 0.3) is 0 Å². The summed E-state index contributed by atoms with van der Waals surface area (Å²) >= 11 is 0. The fraction of sp³-hybridized carbons (Fsp3) is 0.688. The van der Waals surface area contributed by atoms with Crippen molar-refractivity contribution in [1.29, 1.82) is 0 Å². The van der Waals surface area contributed by atoms with Gasteiger partial charge >= 0.3 is 0 Å². The standard InChI is InChI=1S/C16H27N3/c1-5-6-17-9-15-10-18-13(3)8-16(15)19(4)11-14-7-12(14)2/h8,10,12,14,17H,5-7,9,11H2,1-4H3. The summed E-state index contributed by atoms with van der Waals surface area (Å²) in [5.41, 5.74) is 3.76. The van der Waals surface area contributed by atoms with Gasteiger partial charge in [0.05, 0.1) is 0 Å². The molecule has 1 aliphatic rings. The molecule has 0 radical (unpaired) electrons. The highest BCUT2D eigenvalue weighted by molar-refractivity contribution is 5.53. The van der Waals surface area contributed by atoms with Gasteiger partial charge in [-0.05, 0) is 44.2 Å². The molecule has 0 aromatic carbocycles. The Bertz CT molecular complexity index is 416. The number of aryl methyl sites for hydroxylation is 1. The van der Waals surface area contributed by atoms with E-state index in [0.29, 0.717) is 0 Å². The Labute approximate surface area is 117 Å². The second-order valence-corrected chi connectivity index (χ2v) is 5.98. The Kier molecular flexibility index (Phi) is 4.81. The van der Waals surface area contributed by atoms with Crippen LogP contribution in [0.2, 0.25) is 0 Å². The number of nitrogens with one attached hydrogen (secondary N) is 1. The molecule has 2 rings (SSSR count). The SMILES string of the molecule is CCCNCc1cnc(C)cc1N(C)CC1CC1C. The summed E-state index contributed by atoms with van der Waals surface area (Å²) in [6.07, 6.45) is 4.59. The average Bonchev–Trinajstić information content (AvgIpc) is 3.06. The molecule has 3 heteroatoms. The van der Waals surface area contributed by atoms with Crippen molar-refractivity contribution in [2.75, 3.05) is 25.0 Å². The van der Waals surface area contributed by atoms with Crippen LogP contribution in [-0.2, 0) is 6.54 Å². The van der Waals surface area contributed by atoms with Crippen molar-refractivity contribution in [2.24, 2.45) is 11.8 Å². The fourth-order valence-electron chi connectivity index (χ4n) is 2.57. The van der Waals surface area contributed by atoms with E-state index < -0.39 is 0 Å². The summed E-state index contributed by atoms with van der Waals surface area (Å²) in [5, 5.41) is 3.48. The first-order valence-corrected chi connectivity index (χ1v) is 7.49. The van der Waals surface area contributed by atoms with Gasteiger partial charge in [0.2, 0.25) is 0 Å². The van der Waals surface area contributed by atoms with Crippen LogP contribution in [0.3, 0.4) is 0 Å². The molecule has 1 N–H and O–H groups in total. The second-order valence-electron chi connectivity index (χ2n) is 5.98. The number of hydrogen-bond donors (Lipinski definition) is 1. The van der Waals surface area contributed by atoms with E-state index >= 15 is 0 Å². The normalized spacial score (nSPS) is 21.5. The van der Waals surface area contributed by atoms with Crippen molar-refractivity contribution in [1.82, 2.24) is 10.3 Å². The van der Waals surface area contributed by atoms with E-state index in [2.05, 4.69) is 49.1 Å². The molecular formula is C16H27N3. The maximum absolute atomic E-state index is 4.44. The minimum atomic E-state index is 0.884. The Balaban J connectivity index is 2.04. The van der Waals surface area contributed by atoms with Crippen molar-refractivity contribution in [2.45, 2.75) is 40.2 Å². The van der Waals surface area contributed by atoms with Gasteiger partial charge in [-0.15, -0.1) is 0 Å². The van der Waals surface area contributed by atoms with Crippen LogP contribution < -0.4 is 10.2 Å². The lowest BCUT2D eigenvalue weighted by Crippen LogP contribution is -2.24. The molecule has 0 saturated heterocycles. The van der Waals surface area contributed by atoms with Gasteiger partial charge < -0.3 is 10.2 Å². The lowest BCUT2D eigenvalue weighted by molar-refractivity contribution is 0.667. The zero-order valence-corrected chi connectivity index (χ0v) is 12.7. The molecule has 2 unspecified atom stereocenters. The summed E-state index contributed by atoms with van der Waals surface area (Å²) in [4.78, 5) is 6.85. The highest BCUT2D eigenvalue weighted by Gasteiger charge is 2.33. The van der Waals surface area contributed by atoms with E-state index in [1.807, 2.05) is 6.20 Å². The fourth-order valence-corrected chi connectivity index (χ4v) is 2.57. The van der Waals surface area contributed by atoms with Crippen molar-refractivity contribution < 1.29 is 0 Å². The smallest absolute Gasteiger partial charge is 0.0443 e. The molecule has 1 fully saturated rings. The highest BCUT2D eigenvalue weighted by Crippen LogP contribution is 2.39. The van der Waals surface area contributed by atoms with Crippen LogP contribution in [0.15, 0.2) is 12.3 Å². The second kappa shape index (κ2) is 6.38. The molecule has 1 aromatic heterocycles. The molecule has 0 amide bonds. The van der Waals surface area contributed by atoms with E-state index in [9.17, 15) is 0 Å². The maximum atomic E-state index is 4.44. The van der Waals surface area contributed by atoms with Gasteiger partial charge in [0, 0.05) is 43.3 Å². The third kappa shape index (κ3) is 3.93. The molecule has 1 heterocycles.